The van der Waals surface area contributed by atoms with Crippen molar-refractivity contribution in [3.8, 4) is 5.69 Å². The number of nitrogens with zero attached hydrogens (tertiary/aromatic N) is 3. The van der Waals surface area contributed by atoms with Gasteiger partial charge in [0.1, 0.15) is 0 Å². The summed E-state index contributed by atoms with van der Waals surface area (Å²) >= 11 is 0. The lowest BCUT2D eigenvalue weighted by Gasteiger charge is -2.08. The second-order valence-corrected chi connectivity index (χ2v) is 5.25. The van der Waals surface area contributed by atoms with Crippen molar-refractivity contribution in [1.82, 2.24) is 14.8 Å². The summed E-state index contributed by atoms with van der Waals surface area (Å²) in [7, 11) is 0. The summed E-state index contributed by atoms with van der Waals surface area (Å²) in [6, 6.07) is 22.7. The highest BCUT2D eigenvalue weighted by Gasteiger charge is 2.13. The number of rotatable bonds is 3. The Morgan fingerprint density at radius 2 is 1.55 bits per heavy atom. The van der Waals surface area contributed by atoms with E-state index in [9.17, 15) is 0 Å². The molecule has 0 aliphatic carbocycles. The first-order valence-corrected chi connectivity index (χ1v) is 7.33. The molecule has 0 aliphatic rings. The van der Waals surface area contributed by atoms with Crippen LogP contribution in [0.1, 0.15) is 11.3 Å². The maximum Gasteiger partial charge on any atom is 0.0961 e. The van der Waals surface area contributed by atoms with Gasteiger partial charge in [-0.25, -0.2) is 4.68 Å². The van der Waals surface area contributed by atoms with Crippen LogP contribution in [0.4, 0.5) is 0 Å². The lowest BCUT2D eigenvalue weighted by Crippen LogP contribution is -2.02. The van der Waals surface area contributed by atoms with E-state index in [1.54, 1.807) is 6.20 Å². The Labute approximate surface area is 128 Å². The van der Waals surface area contributed by atoms with Crippen molar-refractivity contribution >= 4 is 10.9 Å². The maximum atomic E-state index is 4.76. The average molecular weight is 285 g/mol. The molecule has 0 amide bonds. The van der Waals surface area contributed by atoms with Gasteiger partial charge in [0.2, 0.25) is 0 Å². The van der Waals surface area contributed by atoms with Gasteiger partial charge in [0.25, 0.3) is 0 Å². The van der Waals surface area contributed by atoms with Crippen molar-refractivity contribution < 1.29 is 0 Å². The molecule has 0 unspecified atom stereocenters. The van der Waals surface area contributed by atoms with Crippen LogP contribution < -0.4 is 0 Å². The fraction of sp³-hybridized carbons (Fsp3) is 0.0526. The highest BCUT2D eigenvalue weighted by molar-refractivity contribution is 5.81. The smallest absolute Gasteiger partial charge is 0.0961 e. The summed E-state index contributed by atoms with van der Waals surface area (Å²) in [4.78, 5) is 4.27. The van der Waals surface area contributed by atoms with E-state index in [-0.39, 0.29) is 0 Å². The zero-order chi connectivity index (χ0) is 14.8. The molecule has 4 aromatic rings. The largest absolute Gasteiger partial charge is 0.264 e. The molecular weight excluding hydrogens is 270 g/mol. The fourth-order valence-electron chi connectivity index (χ4n) is 2.72. The van der Waals surface area contributed by atoms with Gasteiger partial charge in [0, 0.05) is 24.2 Å². The predicted octanol–water partition coefficient (Wildman–Crippen LogP) is 4.01. The number of aromatic nitrogens is 3. The normalized spacial score (nSPS) is 10.9. The zero-order valence-electron chi connectivity index (χ0n) is 12.1. The molecule has 0 saturated heterocycles. The van der Waals surface area contributed by atoms with E-state index in [0.717, 1.165) is 23.0 Å². The van der Waals surface area contributed by atoms with Gasteiger partial charge in [-0.2, -0.15) is 5.10 Å². The molecule has 2 heterocycles. The number of hydrogen-bond donors (Lipinski definition) is 0. The molecule has 0 saturated carbocycles. The van der Waals surface area contributed by atoms with Gasteiger partial charge in [0.15, 0.2) is 0 Å². The molecule has 4 rings (SSSR count). The summed E-state index contributed by atoms with van der Waals surface area (Å²) in [6.45, 7) is 0. The Balaban J connectivity index is 1.91. The molecule has 2 aromatic heterocycles. The van der Waals surface area contributed by atoms with Crippen LogP contribution in [0.25, 0.3) is 16.6 Å². The SMILES string of the molecule is c1ccc(Cc2c3cnccc3nn2-c2ccccc2)cc1. The van der Waals surface area contributed by atoms with E-state index in [0.29, 0.717) is 0 Å². The lowest BCUT2D eigenvalue weighted by atomic mass is 10.1. The van der Waals surface area contributed by atoms with Gasteiger partial charge < -0.3 is 0 Å². The third-order valence-corrected chi connectivity index (χ3v) is 3.79. The van der Waals surface area contributed by atoms with E-state index in [1.807, 2.05) is 41.2 Å². The molecule has 0 spiro atoms. The van der Waals surface area contributed by atoms with Crippen molar-refractivity contribution in [2.45, 2.75) is 6.42 Å². The van der Waals surface area contributed by atoms with Crippen LogP contribution in [0.2, 0.25) is 0 Å². The second-order valence-electron chi connectivity index (χ2n) is 5.25. The Morgan fingerprint density at radius 1 is 0.818 bits per heavy atom. The monoisotopic (exact) mass is 285 g/mol. The highest BCUT2D eigenvalue weighted by atomic mass is 15.3. The molecule has 22 heavy (non-hydrogen) atoms. The number of fused-ring (bicyclic) bond motifs is 1. The fourth-order valence-corrected chi connectivity index (χ4v) is 2.72. The van der Waals surface area contributed by atoms with Crippen molar-refractivity contribution in [3.63, 3.8) is 0 Å². The number of hydrogen-bond acceptors (Lipinski definition) is 2. The van der Waals surface area contributed by atoms with E-state index < -0.39 is 0 Å². The quantitative estimate of drug-likeness (QED) is 0.569. The molecule has 0 aliphatic heterocycles. The van der Waals surface area contributed by atoms with Crippen LogP contribution in [-0.4, -0.2) is 14.8 Å². The molecule has 0 radical (unpaired) electrons. The molecular formula is C19H15N3. The van der Waals surface area contributed by atoms with Gasteiger partial charge >= 0.3 is 0 Å². The molecule has 0 fully saturated rings. The molecule has 106 valence electrons. The zero-order valence-corrected chi connectivity index (χ0v) is 12.1. The lowest BCUT2D eigenvalue weighted by molar-refractivity contribution is 0.836. The van der Waals surface area contributed by atoms with E-state index >= 15 is 0 Å². The van der Waals surface area contributed by atoms with Crippen molar-refractivity contribution in [2.24, 2.45) is 0 Å². The standard InChI is InChI=1S/C19H15N3/c1-3-7-15(8-4-1)13-19-17-14-20-12-11-18(17)21-22(19)16-9-5-2-6-10-16/h1-12,14H,13H2. The first-order chi connectivity index (χ1) is 10.9. The maximum absolute atomic E-state index is 4.76. The number of benzene rings is 2. The molecule has 3 heteroatoms. The van der Waals surface area contributed by atoms with Crippen molar-refractivity contribution in [2.75, 3.05) is 0 Å². The van der Waals surface area contributed by atoms with Gasteiger partial charge in [0.05, 0.1) is 16.9 Å². The first-order valence-electron chi connectivity index (χ1n) is 7.33. The third kappa shape index (κ3) is 2.27. The Kier molecular flexibility index (Phi) is 3.16. The van der Waals surface area contributed by atoms with Gasteiger partial charge in [-0.15, -0.1) is 0 Å². The summed E-state index contributed by atoms with van der Waals surface area (Å²) < 4.78 is 2.03. The first kappa shape index (κ1) is 12.8. The van der Waals surface area contributed by atoms with Crippen LogP contribution in [0.3, 0.4) is 0 Å². The van der Waals surface area contributed by atoms with Crippen LogP contribution >= 0.6 is 0 Å². The minimum absolute atomic E-state index is 0.831. The minimum Gasteiger partial charge on any atom is -0.264 e. The minimum atomic E-state index is 0.831. The van der Waals surface area contributed by atoms with Crippen molar-refractivity contribution in [1.29, 1.82) is 0 Å². The molecule has 0 N–H and O–H groups in total. The highest BCUT2D eigenvalue weighted by Crippen LogP contribution is 2.23. The van der Waals surface area contributed by atoms with Crippen LogP contribution in [0.5, 0.6) is 0 Å². The van der Waals surface area contributed by atoms with E-state index in [1.165, 1.54) is 11.3 Å². The third-order valence-electron chi connectivity index (χ3n) is 3.79. The Morgan fingerprint density at radius 3 is 2.32 bits per heavy atom. The van der Waals surface area contributed by atoms with Crippen molar-refractivity contribution in [3.05, 3.63) is 90.4 Å². The number of pyridine rings is 1. The average Bonchev–Trinajstić information content (AvgIpc) is 2.95. The van der Waals surface area contributed by atoms with Crippen LogP contribution in [0.15, 0.2) is 79.1 Å². The molecule has 3 nitrogen and oxygen atoms in total. The van der Waals surface area contributed by atoms with E-state index in [4.69, 9.17) is 5.10 Å². The van der Waals surface area contributed by atoms with Crippen LogP contribution in [0, 0.1) is 0 Å². The topological polar surface area (TPSA) is 30.7 Å². The summed E-state index contributed by atoms with van der Waals surface area (Å²) in [5.41, 5.74) is 4.49. The van der Waals surface area contributed by atoms with Gasteiger partial charge in [-0.1, -0.05) is 48.5 Å². The Bertz CT molecular complexity index is 896. The van der Waals surface area contributed by atoms with Gasteiger partial charge in [-0.3, -0.25) is 4.98 Å². The second kappa shape index (κ2) is 5.45. The molecule has 0 bridgehead atoms. The molecule has 0 atom stereocenters. The summed E-state index contributed by atoms with van der Waals surface area (Å²) in [5, 5.41) is 5.86. The Hall–Kier alpha value is -2.94. The van der Waals surface area contributed by atoms with E-state index in [2.05, 4.69) is 41.4 Å². The van der Waals surface area contributed by atoms with Crippen LogP contribution in [-0.2, 0) is 6.42 Å². The predicted molar refractivity (Wildman–Crippen MR) is 88.1 cm³/mol. The number of para-hydroxylation sites is 1. The summed E-state index contributed by atoms with van der Waals surface area (Å²) in [5.74, 6) is 0. The molecule has 2 aromatic carbocycles. The van der Waals surface area contributed by atoms with Gasteiger partial charge in [-0.05, 0) is 23.8 Å². The summed E-state index contributed by atoms with van der Waals surface area (Å²) in [6.07, 6.45) is 4.52.